The quantitative estimate of drug-likeness (QED) is 0.473. The van der Waals surface area contributed by atoms with Crippen LogP contribution in [0.4, 0.5) is 5.69 Å². The SMILES string of the molecule is COC(=O)[C@]1(Cl)[C@H]2C(=O)N(c3ccc(C)cc3)C(=O)[C@]21C. The number of ether oxygens (including phenoxy) is 1. The van der Waals surface area contributed by atoms with Crippen molar-refractivity contribution in [3.8, 4) is 0 Å². The third-order valence-corrected chi connectivity index (χ3v) is 5.30. The molecular weight excluding hydrogens is 294 g/mol. The van der Waals surface area contributed by atoms with E-state index in [9.17, 15) is 14.4 Å². The summed E-state index contributed by atoms with van der Waals surface area (Å²) in [6.45, 7) is 3.45. The number of carbonyl (C=O) groups is 3. The summed E-state index contributed by atoms with van der Waals surface area (Å²) in [6, 6.07) is 7.04. The van der Waals surface area contributed by atoms with E-state index < -0.39 is 34.0 Å². The van der Waals surface area contributed by atoms with Gasteiger partial charge in [0.1, 0.15) is 0 Å². The highest BCUT2D eigenvalue weighted by Gasteiger charge is 2.90. The second-order valence-corrected chi connectivity index (χ2v) is 6.25. The molecule has 0 N–H and O–H groups in total. The fourth-order valence-corrected chi connectivity index (χ4v) is 3.67. The van der Waals surface area contributed by atoms with Crippen molar-refractivity contribution < 1.29 is 19.1 Å². The normalized spacial score (nSPS) is 33.9. The summed E-state index contributed by atoms with van der Waals surface area (Å²) >= 11 is 6.23. The highest BCUT2D eigenvalue weighted by Crippen LogP contribution is 2.71. The first kappa shape index (κ1) is 14.1. The van der Waals surface area contributed by atoms with Gasteiger partial charge in [-0.2, -0.15) is 0 Å². The average molecular weight is 308 g/mol. The first-order valence-corrected chi connectivity index (χ1v) is 6.90. The van der Waals surface area contributed by atoms with Crippen LogP contribution in [0.5, 0.6) is 0 Å². The van der Waals surface area contributed by atoms with Crippen LogP contribution in [0, 0.1) is 18.3 Å². The van der Waals surface area contributed by atoms with E-state index >= 15 is 0 Å². The van der Waals surface area contributed by atoms with Crippen LogP contribution in [0.1, 0.15) is 12.5 Å². The lowest BCUT2D eigenvalue weighted by Crippen LogP contribution is -2.43. The largest absolute Gasteiger partial charge is 0.468 e. The smallest absolute Gasteiger partial charge is 0.328 e. The molecule has 0 spiro atoms. The Labute approximate surface area is 126 Å². The molecule has 2 amide bonds. The summed E-state index contributed by atoms with van der Waals surface area (Å²) < 4.78 is 4.64. The predicted molar refractivity (Wildman–Crippen MR) is 75.9 cm³/mol. The highest BCUT2D eigenvalue weighted by molar-refractivity contribution is 6.48. The van der Waals surface area contributed by atoms with Crippen LogP contribution in [-0.4, -0.2) is 29.8 Å². The molecule has 1 aliphatic carbocycles. The molecule has 1 heterocycles. The van der Waals surface area contributed by atoms with Gasteiger partial charge in [-0.15, -0.1) is 11.6 Å². The highest BCUT2D eigenvalue weighted by atomic mass is 35.5. The zero-order chi connectivity index (χ0) is 15.6. The lowest BCUT2D eigenvalue weighted by atomic mass is 10.0. The first-order chi connectivity index (χ1) is 9.80. The summed E-state index contributed by atoms with van der Waals surface area (Å²) in [6.07, 6.45) is 0. The van der Waals surface area contributed by atoms with E-state index in [1.807, 2.05) is 19.1 Å². The zero-order valence-corrected chi connectivity index (χ0v) is 12.6. The van der Waals surface area contributed by atoms with Gasteiger partial charge in [0.05, 0.1) is 24.1 Å². The van der Waals surface area contributed by atoms with Crippen molar-refractivity contribution in [3.05, 3.63) is 29.8 Å². The molecule has 3 rings (SSSR count). The van der Waals surface area contributed by atoms with Crippen molar-refractivity contribution in [3.63, 3.8) is 0 Å². The Morgan fingerprint density at radius 2 is 1.86 bits per heavy atom. The van der Waals surface area contributed by atoms with Crippen LogP contribution in [0.2, 0.25) is 0 Å². The Balaban J connectivity index is 1.99. The number of rotatable bonds is 2. The number of esters is 1. The van der Waals surface area contributed by atoms with Crippen molar-refractivity contribution in [2.75, 3.05) is 12.0 Å². The molecule has 1 saturated carbocycles. The molecule has 1 aliphatic heterocycles. The zero-order valence-electron chi connectivity index (χ0n) is 11.8. The van der Waals surface area contributed by atoms with Gasteiger partial charge in [0.15, 0.2) is 4.87 Å². The third kappa shape index (κ3) is 1.44. The standard InChI is InChI=1S/C15H14ClNO4/c1-8-4-6-9(7-5-8)17-11(18)10-14(2,12(17)19)15(10,16)13(20)21-3/h4-7,10H,1-3H3/t10-,14-,15+/m0/s1. The maximum atomic E-state index is 12.6. The van der Waals surface area contributed by atoms with E-state index in [4.69, 9.17) is 11.6 Å². The Hall–Kier alpha value is -1.88. The van der Waals surface area contributed by atoms with Gasteiger partial charge in [-0.1, -0.05) is 17.7 Å². The number of aryl methyl sites for hydroxylation is 1. The summed E-state index contributed by atoms with van der Waals surface area (Å²) in [4.78, 5) is 36.5. The number of methoxy groups -OCH3 is 1. The van der Waals surface area contributed by atoms with Crippen molar-refractivity contribution >= 4 is 35.1 Å². The van der Waals surface area contributed by atoms with E-state index in [1.54, 1.807) is 12.1 Å². The second kappa shape index (κ2) is 4.07. The molecule has 1 saturated heterocycles. The topological polar surface area (TPSA) is 63.7 Å². The monoisotopic (exact) mass is 307 g/mol. The third-order valence-electron chi connectivity index (χ3n) is 4.54. The molecule has 0 unspecified atom stereocenters. The van der Waals surface area contributed by atoms with E-state index in [-0.39, 0.29) is 0 Å². The molecule has 6 heteroatoms. The van der Waals surface area contributed by atoms with Gasteiger partial charge < -0.3 is 4.74 Å². The molecule has 0 radical (unpaired) electrons. The van der Waals surface area contributed by atoms with Crippen LogP contribution in [0.15, 0.2) is 24.3 Å². The molecule has 110 valence electrons. The molecule has 0 bridgehead atoms. The van der Waals surface area contributed by atoms with Crippen LogP contribution < -0.4 is 4.90 Å². The number of fused-ring (bicyclic) bond motifs is 1. The maximum absolute atomic E-state index is 12.6. The number of amides is 2. The Bertz CT molecular complexity index is 671. The second-order valence-electron chi connectivity index (χ2n) is 5.65. The number of benzene rings is 1. The maximum Gasteiger partial charge on any atom is 0.328 e. The number of alkyl halides is 1. The lowest BCUT2D eigenvalue weighted by Gasteiger charge is -2.23. The summed E-state index contributed by atoms with van der Waals surface area (Å²) in [5.41, 5.74) is 0.284. The summed E-state index contributed by atoms with van der Waals surface area (Å²) in [5.74, 6) is -2.51. The van der Waals surface area contributed by atoms with Gasteiger partial charge >= 0.3 is 5.97 Å². The molecule has 21 heavy (non-hydrogen) atoms. The van der Waals surface area contributed by atoms with Gasteiger partial charge in [-0.25, -0.2) is 4.90 Å². The minimum absolute atomic E-state index is 0.452. The molecular formula is C15H14ClNO4. The van der Waals surface area contributed by atoms with Gasteiger partial charge in [-0.3, -0.25) is 14.4 Å². The number of carbonyl (C=O) groups excluding carboxylic acids is 3. The van der Waals surface area contributed by atoms with Crippen LogP contribution in [0.3, 0.4) is 0 Å². The average Bonchev–Trinajstić information content (AvgIpc) is 2.90. The van der Waals surface area contributed by atoms with Crippen molar-refractivity contribution in [1.29, 1.82) is 0 Å². The molecule has 1 aromatic rings. The fourth-order valence-electron chi connectivity index (χ4n) is 3.15. The molecule has 0 aromatic heterocycles. The van der Waals surface area contributed by atoms with E-state index in [0.29, 0.717) is 5.69 Å². The molecule has 2 fully saturated rings. The van der Waals surface area contributed by atoms with E-state index in [0.717, 1.165) is 10.5 Å². The summed E-state index contributed by atoms with van der Waals surface area (Å²) in [5, 5.41) is 0. The number of imide groups is 1. The number of piperidine rings is 1. The molecule has 3 atom stereocenters. The van der Waals surface area contributed by atoms with Crippen LogP contribution in [0.25, 0.3) is 0 Å². The minimum atomic E-state index is -1.57. The predicted octanol–water partition coefficient (Wildman–Crippen LogP) is 1.65. The van der Waals surface area contributed by atoms with E-state index in [2.05, 4.69) is 4.74 Å². The van der Waals surface area contributed by atoms with Crippen molar-refractivity contribution in [2.24, 2.45) is 11.3 Å². The summed E-state index contributed by atoms with van der Waals surface area (Å²) in [7, 11) is 1.19. The number of nitrogens with zero attached hydrogens (tertiary/aromatic N) is 1. The minimum Gasteiger partial charge on any atom is -0.468 e. The Kier molecular flexibility index (Phi) is 2.73. The van der Waals surface area contributed by atoms with E-state index in [1.165, 1.54) is 14.0 Å². The van der Waals surface area contributed by atoms with Crippen LogP contribution >= 0.6 is 11.6 Å². The number of hydrogen-bond donors (Lipinski definition) is 0. The van der Waals surface area contributed by atoms with Crippen LogP contribution in [-0.2, 0) is 19.1 Å². The van der Waals surface area contributed by atoms with Crippen molar-refractivity contribution in [2.45, 2.75) is 18.7 Å². The number of halogens is 1. The Morgan fingerprint density at radius 1 is 1.29 bits per heavy atom. The van der Waals surface area contributed by atoms with Gasteiger partial charge in [0.25, 0.3) is 0 Å². The van der Waals surface area contributed by atoms with Gasteiger partial charge in [0, 0.05) is 0 Å². The molecule has 1 aromatic carbocycles. The first-order valence-electron chi connectivity index (χ1n) is 6.52. The number of hydrogen-bond acceptors (Lipinski definition) is 4. The molecule has 5 nitrogen and oxygen atoms in total. The lowest BCUT2D eigenvalue weighted by molar-refractivity contribution is -0.144. The fraction of sp³-hybridized carbons (Fsp3) is 0.400. The Morgan fingerprint density at radius 3 is 2.29 bits per heavy atom. The van der Waals surface area contributed by atoms with Gasteiger partial charge in [0.2, 0.25) is 11.8 Å². The number of anilines is 1. The van der Waals surface area contributed by atoms with Gasteiger partial charge in [-0.05, 0) is 26.0 Å². The van der Waals surface area contributed by atoms with Crippen molar-refractivity contribution in [1.82, 2.24) is 0 Å². The molecule has 2 aliphatic rings.